The highest BCUT2D eigenvalue weighted by atomic mass is 79.9. The fraction of sp³-hybridized carbons (Fsp3) is 0.368. The van der Waals surface area contributed by atoms with Crippen LogP contribution in [0.5, 0.6) is 0 Å². The maximum absolute atomic E-state index is 5.43. The van der Waals surface area contributed by atoms with Crippen LogP contribution >= 0.6 is 27.3 Å². The Hall–Kier alpha value is -1.54. The number of hydrogen-bond donors (Lipinski definition) is 0. The summed E-state index contributed by atoms with van der Waals surface area (Å²) in [5.41, 5.74) is 0.967. The maximum Gasteiger partial charge on any atom is 0.257 e. The van der Waals surface area contributed by atoms with E-state index in [1.54, 1.807) is 0 Å². The van der Waals surface area contributed by atoms with Gasteiger partial charge < -0.3 is 4.52 Å². The van der Waals surface area contributed by atoms with E-state index >= 15 is 0 Å². The van der Waals surface area contributed by atoms with Crippen LogP contribution in [-0.4, -0.2) is 46.1 Å². The number of aromatic nitrogens is 2. The van der Waals surface area contributed by atoms with Gasteiger partial charge in [0.2, 0.25) is 0 Å². The Morgan fingerprint density at radius 1 is 1.00 bits per heavy atom. The van der Waals surface area contributed by atoms with Gasteiger partial charge >= 0.3 is 0 Å². The van der Waals surface area contributed by atoms with E-state index in [1.165, 1.54) is 9.35 Å². The van der Waals surface area contributed by atoms with E-state index in [1.807, 2.05) is 41.7 Å². The minimum absolute atomic E-state index is 0.597. The molecule has 1 saturated heterocycles. The van der Waals surface area contributed by atoms with E-state index in [0.717, 1.165) is 57.1 Å². The molecule has 0 bridgehead atoms. The molecule has 0 unspecified atom stereocenters. The van der Waals surface area contributed by atoms with Crippen LogP contribution in [0, 0.1) is 0 Å². The van der Waals surface area contributed by atoms with Gasteiger partial charge in [-0.2, -0.15) is 4.98 Å². The Bertz CT molecular complexity index is 835. The summed E-state index contributed by atoms with van der Waals surface area (Å²) in [6.07, 6.45) is 1.16. The predicted molar refractivity (Wildman–Crippen MR) is 107 cm³/mol. The van der Waals surface area contributed by atoms with Crippen LogP contribution in [-0.2, 0) is 13.1 Å². The molecule has 3 aromatic rings. The number of rotatable bonds is 5. The lowest BCUT2D eigenvalue weighted by atomic mass is 10.2. The number of nitrogens with zero attached hydrogens (tertiary/aromatic N) is 4. The minimum atomic E-state index is 0.597. The minimum Gasteiger partial charge on any atom is -0.334 e. The van der Waals surface area contributed by atoms with E-state index in [2.05, 4.69) is 47.3 Å². The fourth-order valence-electron chi connectivity index (χ4n) is 3.20. The van der Waals surface area contributed by atoms with Gasteiger partial charge in [0.05, 0.1) is 6.54 Å². The zero-order valence-corrected chi connectivity index (χ0v) is 16.9. The van der Waals surface area contributed by atoms with Crippen LogP contribution in [0.4, 0.5) is 0 Å². The van der Waals surface area contributed by atoms with Crippen molar-refractivity contribution in [2.75, 3.05) is 26.2 Å². The SMILES string of the molecule is Brc1ccsc1CN1CCCN(Cc2noc(-c3ccccc3)n2)CC1. The molecule has 0 aliphatic carbocycles. The van der Waals surface area contributed by atoms with Crippen LogP contribution in [0.3, 0.4) is 0 Å². The van der Waals surface area contributed by atoms with E-state index < -0.39 is 0 Å². The molecule has 1 aromatic carbocycles. The second-order valence-electron chi connectivity index (χ2n) is 6.48. The first-order valence-corrected chi connectivity index (χ1v) is 10.5. The highest BCUT2D eigenvalue weighted by molar-refractivity contribution is 9.10. The van der Waals surface area contributed by atoms with Crippen molar-refractivity contribution in [3.63, 3.8) is 0 Å². The van der Waals surface area contributed by atoms with Gasteiger partial charge in [-0.25, -0.2) is 0 Å². The molecule has 0 atom stereocenters. The molecule has 26 heavy (non-hydrogen) atoms. The lowest BCUT2D eigenvalue weighted by Crippen LogP contribution is -2.30. The molecule has 1 fully saturated rings. The molecule has 1 aliphatic rings. The Morgan fingerprint density at radius 2 is 1.77 bits per heavy atom. The topological polar surface area (TPSA) is 45.4 Å². The molecule has 7 heteroatoms. The van der Waals surface area contributed by atoms with Crippen molar-refractivity contribution in [3.8, 4) is 11.5 Å². The van der Waals surface area contributed by atoms with Crippen molar-refractivity contribution in [2.24, 2.45) is 0 Å². The second-order valence-corrected chi connectivity index (χ2v) is 8.33. The third-order valence-electron chi connectivity index (χ3n) is 4.59. The zero-order chi connectivity index (χ0) is 17.8. The summed E-state index contributed by atoms with van der Waals surface area (Å²) in [6.45, 7) is 6.05. The summed E-state index contributed by atoms with van der Waals surface area (Å²) in [6, 6.07) is 12.1. The third kappa shape index (κ3) is 4.40. The Morgan fingerprint density at radius 3 is 2.50 bits per heavy atom. The van der Waals surface area contributed by atoms with Crippen LogP contribution in [0.1, 0.15) is 17.1 Å². The highest BCUT2D eigenvalue weighted by Gasteiger charge is 2.18. The Kier molecular flexibility index (Phi) is 5.79. The first kappa shape index (κ1) is 17.9. The standard InChI is InChI=1S/C19H21BrN4OS/c20-16-7-12-26-17(16)13-23-8-4-9-24(11-10-23)14-18-21-19(25-22-18)15-5-2-1-3-6-15/h1-3,5-7,12H,4,8-11,13-14H2. The summed E-state index contributed by atoms with van der Waals surface area (Å²) in [5, 5.41) is 6.31. The molecule has 2 aromatic heterocycles. The highest BCUT2D eigenvalue weighted by Crippen LogP contribution is 2.24. The van der Waals surface area contributed by atoms with Gasteiger partial charge in [0.25, 0.3) is 5.89 Å². The molecule has 0 spiro atoms. The molecule has 4 rings (SSSR count). The van der Waals surface area contributed by atoms with Gasteiger partial charge in [0.15, 0.2) is 5.82 Å². The van der Waals surface area contributed by atoms with Crippen molar-refractivity contribution in [1.82, 2.24) is 19.9 Å². The Labute approximate surface area is 165 Å². The fourth-order valence-corrected chi connectivity index (χ4v) is 4.72. The predicted octanol–water partition coefficient (Wildman–Crippen LogP) is 4.27. The van der Waals surface area contributed by atoms with Crippen molar-refractivity contribution in [1.29, 1.82) is 0 Å². The van der Waals surface area contributed by atoms with Crippen LogP contribution in [0.25, 0.3) is 11.5 Å². The monoisotopic (exact) mass is 432 g/mol. The quantitative estimate of drug-likeness (QED) is 0.602. The molecular weight excluding hydrogens is 412 g/mol. The molecule has 5 nitrogen and oxygen atoms in total. The summed E-state index contributed by atoms with van der Waals surface area (Å²) in [5.74, 6) is 1.36. The number of benzene rings is 1. The molecule has 0 radical (unpaired) electrons. The van der Waals surface area contributed by atoms with Gasteiger partial charge in [0, 0.05) is 34.5 Å². The molecule has 136 valence electrons. The largest absolute Gasteiger partial charge is 0.334 e. The summed E-state index contributed by atoms with van der Waals surface area (Å²) >= 11 is 5.46. The lowest BCUT2D eigenvalue weighted by molar-refractivity contribution is 0.242. The van der Waals surface area contributed by atoms with Gasteiger partial charge in [0.1, 0.15) is 0 Å². The van der Waals surface area contributed by atoms with Gasteiger partial charge in [-0.15, -0.1) is 11.3 Å². The van der Waals surface area contributed by atoms with Crippen LogP contribution in [0.2, 0.25) is 0 Å². The summed E-state index contributed by atoms with van der Waals surface area (Å²) in [7, 11) is 0. The number of halogens is 1. The third-order valence-corrected chi connectivity index (χ3v) is 6.50. The molecular formula is C19H21BrN4OS. The molecule has 3 heterocycles. The lowest BCUT2D eigenvalue weighted by Gasteiger charge is -2.20. The van der Waals surface area contributed by atoms with Gasteiger partial charge in [-0.3, -0.25) is 9.80 Å². The van der Waals surface area contributed by atoms with E-state index in [9.17, 15) is 0 Å². The Balaban J connectivity index is 1.33. The van der Waals surface area contributed by atoms with E-state index in [4.69, 9.17) is 4.52 Å². The summed E-state index contributed by atoms with van der Waals surface area (Å²) < 4.78 is 6.65. The van der Waals surface area contributed by atoms with Gasteiger partial charge in [-0.1, -0.05) is 23.4 Å². The van der Waals surface area contributed by atoms with Crippen molar-refractivity contribution < 1.29 is 4.52 Å². The van der Waals surface area contributed by atoms with E-state index in [-0.39, 0.29) is 0 Å². The second kappa shape index (κ2) is 8.43. The first-order valence-electron chi connectivity index (χ1n) is 8.82. The van der Waals surface area contributed by atoms with Crippen molar-refractivity contribution in [3.05, 3.63) is 57.0 Å². The first-order chi connectivity index (χ1) is 12.8. The van der Waals surface area contributed by atoms with E-state index in [0.29, 0.717) is 5.89 Å². The average molecular weight is 433 g/mol. The normalized spacial score (nSPS) is 16.7. The number of thiophene rings is 1. The molecule has 0 N–H and O–H groups in total. The van der Waals surface area contributed by atoms with Crippen molar-refractivity contribution in [2.45, 2.75) is 19.5 Å². The van der Waals surface area contributed by atoms with Crippen LogP contribution in [0.15, 0.2) is 50.8 Å². The maximum atomic E-state index is 5.43. The molecule has 0 amide bonds. The van der Waals surface area contributed by atoms with Gasteiger partial charge in [-0.05, 0) is 59.0 Å². The zero-order valence-electron chi connectivity index (χ0n) is 14.5. The molecule has 0 saturated carbocycles. The average Bonchev–Trinajstić information content (AvgIpc) is 3.22. The summed E-state index contributed by atoms with van der Waals surface area (Å²) in [4.78, 5) is 10.9. The number of hydrogen-bond acceptors (Lipinski definition) is 6. The van der Waals surface area contributed by atoms with Crippen molar-refractivity contribution >= 4 is 27.3 Å². The van der Waals surface area contributed by atoms with Crippen LogP contribution < -0.4 is 0 Å². The molecule has 1 aliphatic heterocycles. The smallest absolute Gasteiger partial charge is 0.257 e.